The number of anilines is 1. The molecule has 1 unspecified atom stereocenters. The maximum absolute atomic E-state index is 5.08. The van der Waals surface area contributed by atoms with Gasteiger partial charge in [0.25, 0.3) is 0 Å². The van der Waals surface area contributed by atoms with Crippen molar-refractivity contribution in [1.29, 1.82) is 0 Å². The third kappa shape index (κ3) is 4.08. The number of aromatic nitrogens is 2. The number of benzene rings is 1. The van der Waals surface area contributed by atoms with Crippen LogP contribution in [0.15, 0.2) is 41.1 Å². The fourth-order valence-corrected chi connectivity index (χ4v) is 2.48. The van der Waals surface area contributed by atoms with Gasteiger partial charge in [-0.2, -0.15) is 0 Å². The van der Waals surface area contributed by atoms with Gasteiger partial charge in [0.05, 0.1) is 6.04 Å². The third-order valence-corrected chi connectivity index (χ3v) is 3.65. The van der Waals surface area contributed by atoms with Crippen molar-refractivity contribution in [3.8, 4) is 0 Å². The second-order valence-electron chi connectivity index (χ2n) is 4.71. The summed E-state index contributed by atoms with van der Waals surface area (Å²) in [7, 11) is 1.72. The highest BCUT2D eigenvalue weighted by Gasteiger charge is 2.09. The normalized spacial score (nSPS) is 12.3. The summed E-state index contributed by atoms with van der Waals surface area (Å²) in [5.41, 5.74) is 1.23. The molecule has 1 heterocycles. The lowest BCUT2D eigenvalue weighted by molar-refractivity contribution is 0.190. The van der Waals surface area contributed by atoms with Crippen molar-refractivity contribution in [1.82, 2.24) is 9.55 Å². The number of hydrogen-bond donors (Lipinski definition) is 1. The van der Waals surface area contributed by atoms with Crippen LogP contribution in [0.2, 0.25) is 0 Å². The molecule has 0 bridgehead atoms. The largest absolute Gasteiger partial charge is 0.385 e. The molecule has 0 saturated carbocycles. The molecule has 1 aromatic heterocycles. The van der Waals surface area contributed by atoms with Gasteiger partial charge in [0, 0.05) is 37.1 Å². The Morgan fingerprint density at radius 2 is 2.30 bits per heavy atom. The Morgan fingerprint density at radius 1 is 1.45 bits per heavy atom. The van der Waals surface area contributed by atoms with Crippen molar-refractivity contribution in [2.75, 3.05) is 19.0 Å². The van der Waals surface area contributed by atoms with Crippen LogP contribution in [0, 0.1) is 0 Å². The summed E-state index contributed by atoms with van der Waals surface area (Å²) in [6.45, 7) is 3.80. The van der Waals surface area contributed by atoms with E-state index in [4.69, 9.17) is 4.74 Å². The summed E-state index contributed by atoms with van der Waals surface area (Å²) >= 11 is 3.50. The van der Waals surface area contributed by atoms with Crippen molar-refractivity contribution in [3.05, 3.63) is 46.7 Å². The van der Waals surface area contributed by atoms with Gasteiger partial charge in [-0.05, 0) is 31.0 Å². The average molecular weight is 338 g/mol. The Kier molecular flexibility index (Phi) is 5.61. The van der Waals surface area contributed by atoms with Crippen LogP contribution in [0.25, 0.3) is 0 Å². The summed E-state index contributed by atoms with van der Waals surface area (Å²) in [5.74, 6) is 0.897. The summed E-state index contributed by atoms with van der Waals surface area (Å²) in [6.07, 6.45) is 4.79. The molecule has 0 aliphatic rings. The number of hydrogen-bond acceptors (Lipinski definition) is 3. The highest BCUT2D eigenvalue weighted by atomic mass is 79.9. The fourth-order valence-electron chi connectivity index (χ4n) is 2.06. The van der Waals surface area contributed by atoms with Gasteiger partial charge >= 0.3 is 0 Å². The van der Waals surface area contributed by atoms with E-state index in [1.165, 1.54) is 5.56 Å². The van der Waals surface area contributed by atoms with Gasteiger partial charge in [0.15, 0.2) is 0 Å². The first-order chi connectivity index (χ1) is 9.70. The zero-order chi connectivity index (χ0) is 14.4. The second kappa shape index (κ2) is 7.45. The van der Waals surface area contributed by atoms with Gasteiger partial charge in [-0.15, -0.1) is 0 Å². The average Bonchev–Trinajstić information content (AvgIpc) is 2.86. The van der Waals surface area contributed by atoms with Crippen LogP contribution < -0.4 is 5.32 Å². The Bertz CT molecular complexity index is 541. The first-order valence-electron chi connectivity index (χ1n) is 6.73. The van der Waals surface area contributed by atoms with E-state index in [1.807, 2.05) is 24.5 Å². The SMILES string of the molecule is COCCCn1ccnc1NC(C)c1cccc(Br)c1. The molecule has 5 heteroatoms. The summed E-state index contributed by atoms with van der Waals surface area (Å²) in [5, 5.41) is 3.45. The Balaban J connectivity index is 2.01. The minimum Gasteiger partial charge on any atom is -0.385 e. The lowest BCUT2D eigenvalue weighted by Crippen LogP contribution is -2.12. The van der Waals surface area contributed by atoms with Crippen molar-refractivity contribution in [2.24, 2.45) is 0 Å². The summed E-state index contributed by atoms with van der Waals surface area (Å²) in [4.78, 5) is 4.38. The third-order valence-electron chi connectivity index (χ3n) is 3.16. The zero-order valence-corrected chi connectivity index (χ0v) is 13.4. The fraction of sp³-hybridized carbons (Fsp3) is 0.400. The number of ether oxygens (including phenoxy) is 1. The van der Waals surface area contributed by atoms with E-state index >= 15 is 0 Å². The van der Waals surface area contributed by atoms with Gasteiger partial charge in [0.1, 0.15) is 0 Å². The van der Waals surface area contributed by atoms with E-state index in [9.17, 15) is 0 Å². The highest BCUT2D eigenvalue weighted by Crippen LogP contribution is 2.21. The zero-order valence-electron chi connectivity index (χ0n) is 11.8. The maximum Gasteiger partial charge on any atom is 0.203 e. The predicted molar refractivity (Wildman–Crippen MR) is 84.9 cm³/mol. The van der Waals surface area contributed by atoms with Crippen molar-refractivity contribution >= 4 is 21.9 Å². The minimum atomic E-state index is 0.205. The van der Waals surface area contributed by atoms with E-state index in [0.29, 0.717) is 0 Å². The molecule has 20 heavy (non-hydrogen) atoms. The molecule has 0 radical (unpaired) electrons. The molecule has 0 saturated heterocycles. The van der Waals surface area contributed by atoms with Crippen molar-refractivity contribution in [2.45, 2.75) is 25.9 Å². The number of imidazole rings is 1. The van der Waals surface area contributed by atoms with Gasteiger partial charge in [0.2, 0.25) is 5.95 Å². The molecular weight excluding hydrogens is 318 g/mol. The molecule has 2 aromatic rings. The van der Waals surface area contributed by atoms with Crippen LogP contribution in [-0.2, 0) is 11.3 Å². The predicted octanol–water partition coefficient (Wildman–Crippen LogP) is 3.86. The van der Waals surface area contributed by atoms with E-state index < -0.39 is 0 Å². The molecule has 0 spiro atoms. The van der Waals surface area contributed by atoms with E-state index in [2.05, 4.69) is 49.9 Å². The molecule has 2 rings (SSSR count). The minimum absolute atomic E-state index is 0.205. The lowest BCUT2D eigenvalue weighted by atomic mass is 10.1. The molecule has 1 N–H and O–H groups in total. The van der Waals surface area contributed by atoms with Crippen LogP contribution in [0.4, 0.5) is 5.95 Å². The Labute approximate surface area is 128 Å². The van der Waals surface area contributed by atoms with Gasteiger partial charge in [-0.3, -0.25) is 0 Å². The highest BCUT2D eigenvalue weighted by molar-refractivity contribution is 9.10. The molecule has 4 nitrogen and oxygen atoms in total. The van der Waals surface area contributed by atoms with Crippen LogP contribution in [0.1, 0.15) is 24.9 Å². The molecule has 0 aliphatic carbocycles. The molecule has 1 aromatic carbocycles. The van der Waals surface area contributed by atoms with Crippen LogP contribution in [0.3, 0.4) is 0 Å². The standard InChI is InChI=1S/C15H20BrN3O/c1-12(13-5-3-6-14(16)11-13)18-15-17-7-9-19(15)8-4-10-20-2/h3,5-7,9,11-12H,4,8,10H2,1-2H3,(H,17,18). The van der Waals surface area contributed by atoms with Gasteiger partial charge < -0.3 is 14.6 Å². The molecule has 0 amide bonds. The number of halogens is 1. The maximum atomic E-state index is 5.08. The number of methoxy groups -OCH3 is 1. The summed E-state index contributed by atoms with van der Waals surface area (Å²) < 4.78 is 8.29. The Hall–Kier alpha value is -1.33. The number of rotatable bonds is 7. The second-order valence-corrected chi connectivity index (χ2v) is 5.63. The van der Waals surface area contributed by atoms with Crippen LogP contribution in [0.5, 0.6) is 0 Å². The van der Waals surface area contributed by atoms with Gasteiger partial charge in [-0.1, -0.05) is 28.1 Å². The molecule has 108 valence electrons. The Morgan fingerprint density at radius 3 is 3.05 bits per heavy atom. The van der Waals surface area contributed by atoms with E-state index in [0.717, 1.165) is 30.0 Å². The first-order valence-corrected chi connectivity index (χ1v) is 7.52. The number of nitrogens with zero attached hydrogens (tertiary/aromatic N) is 2. The first kappa shape index (κ1) is 15.1. The quantitative estimate of drug-likeness (QED) is 0.780. The lowest BCUT2D eigenvalue weighted by Gasteiger charge is -2.16. The van der Waals surface area contributed by atoms with Crippen LogP contribution in [-0.4, -0.2) is 23.3 Å². The monoisotopic (exact) mass is 337 g/mol. The van der Waals surface area contributed by atoms with E-state index in [1.54, 1.807) is 7.11 Å². The topological polar surface area (TPSA) is 39.1 Å². The molecule has 0 aliphatic heterocycles. The van der Waals surface area contributed by atoms with Crippen LogP contribution >= 0.6 is 15.9 Å². The number of nitrogens with one attached hydrogen (secondary N) is 1. The molecule has 1 atom stereocenters. The summed E-state index contributed by atoms with van der Waals surface area (Å²) in [6, 6.07) is 8.51. The van der Waals surface area contributed by atoms with E-state index in [-0.39, 0.29) is 6.04 Å². The molecule has 0 fully saturated rings. The van der Waals surface area contributed by atoms with Gasteiger partial charge in [-0.25, -0.2) is 4.98 Å². The smallest absolute Gasteiger partial charge is 0.203 e. The number of aryl methyl sites for hydroxylation is 1. The molecular formula is C15H20BrN3O. The van der Waals surface area contributed by atoms with Crippen molar-refractivity contribution < 1.29 is 4.74 Å². The van der Waals surface area contributed by atoms with Crippen molar-refractivity contribution in [3.63, 3.8) is 0 Å².